The summed E-state index contributed by atoms with van der Waals surface area (Å²) in [5, 5.41) is 3.61. The van der Waals surface area contributed by atoms with Crippen molar-refractivity contribution in [3.05, 3.63) is 28.8 Å². The quantitative estimate of drug-likeness (QED) is 0.902. The lowest BCUT2D eigenvalue weighted by molar-refractivity contribution is -0.129. The summed E-state index contributed by atoms with van der Waals surface area (Å²) in [6.45, 7) is 0. The van der Waals surface area contributed by atoms with Crippen LogP contribution in [0.15, 0.2) is 18.2 Å². The van der Waals surface area contributed by atoms with Crippen LogP contribution in [-0.2, 0) is 4.79 Å². The first-order valence-corrected chi connectivity index (χ1v) is 8.76. The Bertz CT molecular complexity index is 648. The maximum absolute atomic E-state index is 12.5. The van der Waals surface area contributed by atoms with E-state index < -0.39 is 6.10 Å². The molecular formula is C18H20ClNO3. The molecule has 1 aliphatic heterocycles. The highest BCUT2D eigenvalue weighted by molar-refractivity contribution is 6.31. The summed E-state index contributed by atoms with van der Waals surface area (Å²) in [4.78, 5) is 24.7. The van der Waals surface area contributed by atoms with Crippen LogP contribution in [0.2, 0.25) is 5.02 Å². The molecule has 3 aliphatic rings. The van der Waals surface area contributed by atoms with Gasteiger partial charge in [0.15, 0.2) is 11.9 Å². The molecule has 0 saturated heterocycles. The smallest absolute Gasteiger partial charge is 0.261 e. The van der Waals surface area contributed by atoms with E-state index in [1.54, 1.807) is 18.2 Å². The summed E-state index contributed by atoms with van der Waals surface area (Å²) in [5.74, 6) is 1.73. The number of carbonyl (C=O) groups is 2. The van der Waals surface area contributed by atoms with E-state index in [2.05, 4.69) is 5.32 Å². The van der Waals surface area contributed by atoms with Crippen molar-refractivity contribution in [2.24, 2.45) is 11.8 Å². The molecule has 1 N–H and O–H groups in total. The second-order valence-corrected chi connectivity index (χ2v) is 7.53. The van der Waals surface area contributed by atoms with Gasteiger partial charge in [0.1, 0.15) is 5.75 Å². The Kier molecular flexibility index (Phi) is 3.80. The molecule has 4 nitrogen and oxygen atoms in total. The Balaban J connectivity index is 1.43. The van der Waals surface area contributed by atoms with Crippen LogP contribution < -0.4 is 10.1 Å². The van der Waals surface area contributed by atoms with Gasteiger partial charge in [0.25, 0.3) is 5.91 Å². The van der Waals surface area contributed by atoms with Crippen molar-refractivity contribution in [2.45, 2.75) is 50.7 Å². The number of benzene rings is 1. The fourth-order valence-corrected chi connectivity index (χ4v) is 4.53. The van der Waals surface area contributed by atoms with Crippen molar-refractivity contribution in [2.75, 3.05) is 0 Å². The van der Waals surface area contributed by atoms with E-state index in [0.717, 1.165) is 24.7 Å². The first-order valence-electron chi connectivity index (χ1n) is 8.38. The second kappa shape index (κ2) is 5.82. The van der Waals surface area contributed by atoms with Gasteiger partial charge in [-0.2, -0.15) is 0 Å². The number of rotatable bonds is 2. The molecule has 0 radical (unpaired) electrons. The van der Waals surface area contributed by atoms with Gasteiger partial charge in [0.2, 0.25) is 0 Å². The molecule has 1 aromatic rings. The van der Waals surface area contributed by atoms with Crippen LogP contribution in [0.4, 0.5) is 0 Å². The fourth-order valence-electron chi connectivity index (χ4n) is 4.36. The van der Waals surface area contributed by atoms with Crippen LogP contribution in [0.1, 0.15) is 48.9 Å². The SMILES string of the molecule is O=C1C[C@H](C(=O)N[C@@H]2C[C@@H]3CC[C@@H](C3)C2)Oc2ccc(Cl)cc21. The van der Waals surface area contributed by atoms with Crippen molar-refractivity contribution >= 4 is 23.3 Å². The van der Waals surface area contributed by atoms with E-state index in [1.165, 1.54) is 19.3 Å². The molecular weight excluding hydrogens is 314 g/mol. The fraction of sp³-hybridized carbons (Fsp3) is 0.556. The topological polar surface area (TPSA) is 55.4 Å². The Labute approximate surface area is 140 Å². The summed E-state index contributed by atoms with van der Waals surface area (Å²) in [6, 6.07) is 5.17. The Morgan fingerprint density at radius 3 is 2.65 bits per heavy atom. The molecule has 0 spiro atoms. The van der Waals surface area contributed by atoms with Gasteiger partial charge in [-0.05, 0) is 49.3 Å². The molecule has 4 atom stereocenters. The number of carbonyl (C=O) groups excluding carboxylic acids is 2. The summed E-state index contributed by atoms with van der Waals surface area (Å²) >= 11 is 5.92. The molecule has 1 aromatic carbocycles. The predicted molar refractivity (Wildman–Crippen MR) is 86.8 cm³/mol. The first kappa shape index (κ1) is 15.0. The van der Waals surface area contributed by atoms with Crippen LogP contribution >= 0.6 is 11.6 Å². The van der Waals surface area contributed by atoms with E-state index in [9.17, 15) is 9.59 Å². The lowest BCUT2D eigenvalue weighted by Gasteiger charge is -2.31. The minimum Gasteiger partial charge on any atom is -0.479 e. The molecule has 23 heavy (non-hydrogen) atoms. The van der Waals surface area contributed by atoms with Crippen LogP contribution in [0, 0.1) is 11.8 Å². The summed E-state index contributed by atoms with van der Waals surface area (Å²) in [7, 11) is 0. The van der Waals surface area contributed by atoms with Crippen LogP contribution in [0.5, 0.6) is 5.75 Å². The molecule has 2 saturated carbocycles. The largest absolute Gasteiger partial charge is 0.479 e. The van der Waals surface area contributed by atoms with E-state index in [0.29, 0.717) is 16.3 Å². The number of ether oxygens (including phenoxy) is 1. The molecule has 0 unspecified atom stereocenters. The number of nitrogens with one attached hydrogen (secondary N) is 1. The van der Waals surface area contributed by atoms with Crippen molar-refractivity contribution < 1.29 is 14.3 Å². The number of halogens is 1. The van der Waals surface area contributed by atoms with Crippen molar-refractivity contribution in [1.29, 1.82) is 0 Å². The van der Waals surface area contributed by atoms with Crippen molar-refractivity contribution in [3.63, 3.8) is 0 Å². The minimum absolute atomic E-state index is 0.0821. The van der Waals surface area contributed by atoms with Gasteiger partial charge in [-0.3, -0.25) is 9.59 Å². The van der Waals surface area contributed by atoms with Gasteiger partial charge in [-0.1, -0.05) is 24.4 Å². The average Bonchev–Trinajstić information content (AvgIpc) is 2.86. The van der Waals surface area contributed by atoms with Gasteiger partial charge in [-0.25, -0.2) is 0 Å². The number of fused-ring (bicyclic) bond motifs is 3. The van der Waals surface area contributed by atoms with Crippen LogP contribution in [-0.4, -0.2) is 23.8 Å². The van der Waals surface area contributed by atoms with Crippen LogP contribution in [0.3, 0.4) is 0 Å². The summed E-state index contributed by atoms with van der Waals surface area (Å²) in [6.07, 6.45) is 5.39. The zero-order chi connectivity index (χ0) is 16.0. The average molecular weight is 334 g/mol. The summed E-state index contributed by atoms with van der Waals surface area (Å²) in [5.41, 5.74) is 0.470. The Morgan fingerprint density at radius 1 is 1.17 bits per heavy atom. The van der Waals surface area contributed by atoms with Crippen molar-refractivity contribution in [3.8, 4) is 5.75 Å². The van der Waals surface area contributed by atoms with Gasteiger partial charge < -0.3 is 10.1 Å². The standard InChI is InChI=1S/C18H20ClNO3/c19-12-3-4-16-14(8-12)15(21)9-17(23-16)18(22)20-13-6-10-1-2-11(5-10)7-13/h3-4,8,10-11,13,17H,1-2,5-7,9H2,(H,20,22)/t10-,11+,13-,17-/m1/s1. The monoisotopic (exact) mass is 333 g/mol. The minimum atomic E-state index is -0.726. The molecule has 0 aromatic heterocycles. The molecule has 122 valence electrons. The lowest BCUT2D eigenvalue weighted by atomic mass is 9.85. The normalized spacial score (nSPS) is 32.1. The van der Waals surface area contributed by atoms with Crippen LogP contribution in [0.25, 0.3) is 0 Å². The third kappa shape index (κ3) is 2.97. The number of amides is 1. The maximum Gasteiger partial charge on any atom is 0.261 e. The number of ketones is 1. The highest BCUT2D eigenvalue weighted by Gasteiger charge is 2.37. The second-order valence-electron chi connectivity index (χ2n) is 7.10. The molecule has 1 amide bonds. The van der Waals surface area contributed by atoms with E-state index in [1.807, 2.05) is 0 Å². The van der Waals surface area contributed by atoms with Gasteiger partial charge >= 0.3 is 0 Å². The van der Waals surface area contributed by atoms with E-state index >= 15 is 0 Å². The lowest BCUT2D eigenvalue weighted by Crippen LogP contribution is -2.47. The molecule has 5 heteroatoms. The van der Waals surface area contributed by atoms with E-state index in [4.69, 9.17) is 16.3 Å². The predicted octanol–water partition coefficient (Wildman–Crippen LogP) is 3.37. The maximum atomic E-state index is 12.5. The Hall–Kier alpha value is -1.55. The number of Topliss-reactive ketones (excluding diaryl/α,β-unsaturated/α-hetero) is 1. The zero-order valence-electron chi connectivity index (χ0n) is 12.9. The highest BCUT2D eigenvalue weighted by atomic mass is 35.5. The first-order chi connectivity index (χ1) is 11.1. The number of hydrogen-bond donors (Lipinski definition) is 1. The zero-order valence-corrected chi connectivity index (χ0v) is 13.6. The van der Waals surface area contributed by atoms with Crippen molar-refractivity contribution in [1.82, 2.24) is 5.32 Å². The van der Waals surface area contributed by atoms with Gasteiger partial charge in [-0.15, -0.1) is 0 Å². The molecule has 2 aliphatic carbocycles. The molecule has 2 bridgehead atoms. The van der Waals surface area contributed by atoms with Gasteiger partial charge in [0, 0.05) is 11.1 Å². The third-order valence-electron chi connectivity index (χ3n) is 5.41. The third-order valence-corrected chi connectivity index (χ3v) is 5.64. The summed E-state index contributed by atoms with van der Waals surface area (Å²) < 4.78 is 5.74. The van der Waals surface area contributed by atoms with E-state index in [-0.39, 0.29) is 24.2 Å². The highest BCUT2D eigenvalue weighted by Crippen LogP contribution is 2.42. The molecule has 1 heterocycles. The number of hydrogen-bond acceptors (Lipinski definition) is 3. The molecule has 2 fully saturated rings. The molecule has 4 rings (SSSR count). The van der Waals surface area contributed by atoms with Gasteiger partial charge in [0.05, 0.1) is 12.0 Å². The Morgan fingerprint density at radius 2 is 1.91 bits per heavy atom.